The molecule has 1 N–H and O–H groups in total. The van der Waals surface area contributed by atoms with E-state index in [4.69, 9.17) is 5.11 Å². The van der Waals surface area contributed by atoms with Crippen LogP contribution in [0.2, 0.25) is 0 Å². The van der Waals surface area contributed by atoms with Crippen LogP contribution in [0.3, 0.4) is 0 Å². The van der Waals surface area contributed by atoms with E-state index in [1.165, 1.54) is 19.3 Å². The predicted molar refractivity (Wildman–Crippen MR) is 87.3 cm³/mol. The Morgan fingerprint density at radius 1 is 0.905 bits per heavy atom. The minimum atomic E-state index is -0.802. The second-order valence-electron chi connectivity index (χ2n) is 5.06. The van der Waals surface area contributed by atoms with E-state index in [1.54, 1.807) is 12.2 Å². The number of unbranched alkanes of at least 4 members (excludes halogenated alkanes) is 4. The SMILES string of the molecule is CCCCC/C=C\C/C=C\C=C\C(=O)CCCCC(=O)O. The second-order valence-corrected chi connectivity index (χ2v) is 5.06. The van der Waals surface area contributed by atoms with E-state index in [0.29, 0.717) is 19.3 Å². The highest BCUT2D eigenvalue weighted by molar-refractivity contribution is 5.89. The molecule has 21 heavy (non-hydrogen) atoms. The van der Waals surface area contributed by atoms with Gasteiger partial charge in [0.25, 0.3) is 0 Å². The highest BCUT2D eigenvalue weighted by Gasteiger charge is 1.99. The number of hydrogen-bond donors (Lipinski definition) is 1. The minimum absolute atomic E-state index is 0.0557. The number of hydrogen-bond acceptors (Lipinski definition) is 2. The minimum Gasteiger partial charge on any atom is -0.481 e. The zero-order valence-electron chi connectivity index (χ0n) is 13.1. The number of carbonyl (C=O) groups is 2. The van der Waals surface area contributed by atoms with E-state index < -0.39 is 5.97 Å². The Morgan fingerprint density at radius 3 is 2.38 bits per heavy atom. The van der Waals surface area contributed by atoms with Gasteiger partial charge in [0.1, 0.15) is 0 Å². The van der Waals surface area contributed by atoms with E-state index in [1.807, 2.05) is 12.2 Å². The van der Waals surface area contributed by atoms with Gasteiger partial charge in [-0.15, -0.1) is 0 Å². The first kappa shape index (κ1) is 19.4. The lowest BCUT2D eigenvalue weighted by atomic mass is 10.1. The van der Waals surface area contributed by atoms with Crippen molar-refractivity contribution < 1.29 is 14.7 Å². The summed E-state index contributed by atoms with van der Waals surface area (Å²) in [5.74, 6) is -0.746. The van der Waals surface area contributed by atoms with Gasteiger partial charge >= 0.3 is 5.97 Å². The summed E-state index contributed by atoms with van der Waals surface area (Å²) >= 11 is 0. The fraction of sp³-hybridized carbons (Fsp3) is 0.556. The molecule has 0 aliphatic heterocycles. The molecule has 0 bridgehead atoms. The molecule has 0 spiro atoms. The normalized spacial score (nSPS) is 11.9. The molecule has 0 aromatic heterocycles. The number of aliphatic carboxylic acids is 1. The van der Waals surface area contributed by atoms with Gasteiger partial charge in [-0.2, -0.15) is 0 Å². The van der Waals surface area contributed by atoms with Crippen LogP contribution in [0.15, 0.2) is 36.5 Å². The molecule has 0 fully saturated rings. The molecule has 0 rings (SSSR count). The Kier molecular flexibility index (Phi) is 13.6. The van der Waals surface area contributed by atoms with Crippen molar-refractivity contribution >= 4 is 11.8 Å². The lowest BCUT2D eigenvalue weighted by Crippen LogP contribution is -1.96. The summed E-state index contributed by atoms with van der Waals surface area (Å²) in [5.41, 5.74) is 0. The zero-order chi connectivity index (χ0) is 15.8. The first-order valence-electron chi connectivity index (χ1n) is 7.89. The van der Waals surface area contributed by atoms with Gasteiger partial charge in [0.2, 0.25) is 0 Å². The summed E-state index contributed by atoms with van der Waals surface area (Å²) in [6.45, 7) is 2.20. The molecule has 0 saturated carbocycles. The summed E-state index contributed by atoms with van der Waals surface area (Å²) in [7, 11) is 0. The van der Waals surface area contributed by atoms with Gasteiger partial charge in [0, 0.05) is 12.8 Å². The number of allylic oxidation sites excluding steroid dienone is 6. The second kappa shape index (κ2) is 14.8. The van der Waals surface area contributed by atoms with Crippen molar-refractivity contribution in [2.45, 2.75) is 64.7 Å². The van der Waals surface area contributed by atoms with Gasteiger partial charge in [-0.05, 0) is 38.2 Å². The molecule has 3 heteroatoms. The van der Waals surface area contributed by atoms with E-state index in [9.17, 15) is 9.59 Å². The standard InChI is InChI=1S/C18H28O3/c1-2-3-4-5-6-7-8-9-10-11-14-17(19)15-12-13-16-18(20)21/h6-7,9-11,14H,2-5,8,12-13,15-16H2,1H3,(H,20,21)/b7-6-,10-9-,14-11+. The third-order valence-corrected chi connectivity index (χ3v) is 3.01. The number of rotatable bonds is 13. The van der Waals surface area contributed by atoms with Crippen LogP contribution in [0.1, 0.15) is 64.7 Å². The fourth-order valence-electron chi connectivity index (χ4n) is 1.78. The summed E-state index contributed by atoms with van der Waals surface area (Å²) in [5, 5.41) is 8.47. The Morgan fingerprint density at radius 2 is 1.67 bits per heavy atom. The van der Waals surface area contributed by atoms with Gasteiger partial charge < -0.3 is 5.11 Å². The smallest absolute Gasteiger partial charge is 0.303 e. The molecule has 0 aromatic carbocycles. The Hall–Kier alpha value is -1.64. The molecule has 0 amide bonds. The molecule has 0 unspecified atom stereocenters. The lowest BCUT2D eigenvalue weighted by Gasteiger charge is -1.94. The van der Waals surface area contributed by atoms with E-state index in [0.717, 1.165) is 12.8 Å². The number of carbonyl (C=O) groups excluding carboxylic acids is 1. The Labute approximate surface area is 128 Å². The molecule has 0 aliphatic carbocycles. The summed E-state index contributed by atoms with van der Waals surface area (Å²) in [6, 6.07) is 0. The molecule has 0 aliphatic rings. The van der Waals surface area contributed by atoms with Crippen LogP contribution in [-0.4, -0.2) is 16.9 Å². The third kappa shape index (κ3) is 16.3. The van der Waals surface area contributed by atoms with Crippen molar-refractivity contribution in [2.24, 2.45) is 0 Å². The van der Waals surface area contributed by atoms with E-state index >= 15 is 0 Å². The highest BCUT2D eigenvalue weighted by atomic mass is 16.4. The van der Waals surface area contributed by atoms with Crippen LogP contribution in [0.25, 0.3) is 0 Å². The van der Waals surface area contributed by atoms with Crippen molar-refractivity contribution in [2.75, 3.05) is 0 Å². The van der Waals surface area contributed by atoms with Gasteiger partial charge in [-0.25, -0.2) is 0 Å². The number of ketones is 1. The first-order valence-corrected chi connectivity index (χ1v) is 7.89. The zero-order valence-corrected chi connectivity index (χ0v) is 13.1. The summed E-state index contributed by atoms with van der Waals surface area (Å²) in [4.78, 5) is 21.7. The summed E-state index contributed by atoms with van der Waals surface area (Å²) in [6.07, 6.45) is 19.2. The van der Waals surface area contributed by atoms with Crippen molar-refractivity contribution in [3.8, 4) is 0 Å². The highest BCUT2D eigenvalue weighted by Crippen LogP contribution is 2.02. The van der Waals surface area contributed by atoms with Crippen molar-refractivity contribution in [3.05, 3.63) is 36.5 Å². The van der Waals surface area contributed by atoms with Gasteiger partial charge in [-0.3, -0.25) is 9.59 Å². The van der Waals surface area contributed by atoms with Gasteiger partial charge in [-0.1, -0.05) is 50.1 Å². The van der Waals surface area contributed by atoms with Crippen molar-refractivity contribution in [1.29, 1.82) is 0 Å². The average molecular weight is 292 g/mol. The maximum Gasteiger partial charge on any atom is 0.303 e. The van der Waals surface area contributed by atoms with Crippen LogP contribution in [-0.2, 0) is 9.59 Å². The molecule has 0 aromatic rings. The topological polar surface area (TPSA) is 54.4 Å². The predicted octanol–water partition coefficient (Wildman–Crippen LogP) is 4.84. The third-order valence-electron chi connectivity index (χ3n) is 3.01. The number of carboxylic acids is 1. The van der Waals surface area contributed by atoms with E-state index in [2.05, 4.69) is 19.1 Å². The molecule has 118 valence electrons. The molecular weight excluding hydrogens is 264 g/mol. The Bertz CT molecular complexity index is 365. The van der Waals surface area contributed by atoms with Crippen LogP contribution in [0, 0.1) is 0 Å². The molecule has 0 radical (unpaired) electrons. The monoisotopic (exact) mass is 292 g/mol. The molecular formula is C18H28O3. The molecule has 0 saturated heterocycles. The first-order chi connectivity index (χ1) is 10.2. The van der Waals surface area contributed by atoms with Crippen LogP contribution < -0.4 is 0 Å². The molecule has 0 atom stereocenters. The summed E-state index contributed by atoms with van der Waals surface area (Å²) < 4.78 is 0. The largest absolute Gasteiger partial charge is 0.481 e. The van der Waals surface area contributed by atoms with Gasteiger partial charge in [0.05, 0.1) is 0 Å². The van der Waals surface area contributed by atoms with Crippen molar-refractivity contribution in [3.63, 3.8) is 0 Å². The molecule has 0 heterocycles. The average Bonchev–Trinajstić information content (AvgIpc) is 2.45. The maximum atomic E-state index is 11.4. The number of carboxylic acid groups (broad SMARTS) is 1. The van der Waals surface area contributed by atoms with Crippen LogP contribution >= 0.6 is 0 Å². The van der Waals surface area contributed by atoms with Gasteiger partial charge in [0.15, 0.2) is 5.78 Å². The maximum absolute atomic E-state index is 11.4. The quantitative estimate of drug-likeness (QED) is 0.229. The van der Waals surface area contributed by atoms with Crippen LogP contribution in [0.5, 0.6) is 0 Å². The molecule has 3 nitrogen and oxygen atoms in total. The Balaban J connectivity index is 3.57. The van der Waals surface area contributed by atoms with Crippen LogP contribution in [0.4, 0.5) is 0 Å². The van der Waals surface area contributed by atoms with Crippen molar-refractivity contribution in [1.82, 2.24) is 0 Å². The fourth-order valence-corrected chi connectivity index (χ4v) is 1.78. The lowest BCUT2D eigenvalue weighted by molar-refractivity contribution is -0.137. The van der Waals surface area contributed by atoms with E-state index in [-0.39, 0.29) is 12.2 Å².